The molecule has 0 bridgehead atoms. The Labute approximate surface area is 154 Å². The minimum atomic E-state index is -0.559. The zero-order chi connectivity index (χ0) is 19.3. The Balaban J connectivity index is 3.32. The van der Waals surface area contributed by atoms with Gasteiger partial charge in [-0.1, -0.05) is 60.6 Å². The van der Waals surface area contributed by atoms with E-state index in [1.807, 2.05) is 19.9 Å². The van der Waals surface area contributed by atoms with Crippen LogP contribution in [0.5, 0.6) is 5.75 Å². The van der Waals surface area contributed by atoms with Gasteiger partial charge in [-0.05, 0) is 48.6 Å². The second kappa shape index (κ2) is 8.73. The van der Waals surface area contributed by atoms with Crippen LogP contribution in [0.15, 0.2) is 18.2 Å². The number of hydrogen-bond donors (Lipinski definition) is 0. The van der Waals surface area contributed by atoms with E-state index in [-0.39, 0.29) is 16.8 Å². The van der Waals surface area contributed by atoms with Gasteiger partial charge in [0.25, 0.3) is 0 Å². The zero-order valence-electron chi connectivity index (χ0n) is 17.4. The van der Waals surface area contributed by atoms with E-state index in [0.29, 0.717) is 13.0 Å². The third-order valence-electron chi connectivity index (χ3n) is 5.45. The summed E-state index contributed by atoms with van der Waals surface area (Å²) in [5, 5.41) is 0. The monoisotopic (exact) mass is 348 g/mol. The first-order chi connectivity index (χ1) is 11.6. The van der Waals surface area contributed by atoms with E-state index in [4.69, 9.17) is 9.47 Å². The summed E-state index contributed by atoms with van der Waals surface area (Å²) in [6.07, 6.45) is 2.10. The van der Waals surface area contributed by atoms with Crippen LogP contribution in [0.1, 0.15) is 85.8 Å². The second-order valence-corrected chi connectivity index (χ2v) is 7.95. The van der Waals surface area contributed by atoms with E-state index >= 15 is 0 Å². The number of ether oxygens (including phenoxy) is 2. The lowest BCUT2D eigenvalue weighted by Gasteiger charge is -2.31. The third-order valence-corrected chi connectivity index (χ3v) is 5.45. The fourth-order valence-corrected chi connectivity index (χ4v) is 2.66. The SMILES string of the molecule is CCOC(=O)C(CC)Oc1ccc(C(C)(C)CC)cc1C(C)(C)CC. The highest BCUT2D eigenvalue weighted by molar-refractivity contribution is 5.75. The van der Waals surface area contributed by atoms with Crippen LogP contribution in [0.25, 0.3) is 0 Å². The van der Waals surface area contributed by atoms with Crippen LogP contribution >= 0.6 is 0 Å². The summed E-state index contributed by atoms with van der Waals surface area (Å²) >= 11 is 0. The molecule has 0 aliphatic heterocycles. The van der Waals surface area contributed by atoms with Gasteiger partial charge in [-0.15, -0.1) is 0 Å². The largest absolute Gasteiger partial charge is 0.478 e. The number of carbonyl (C=O) groups excluding carboxylic acids is 1. The predicted molar refractivity (Wildman–Crippen MR) is 104 cm³/mol. The van der Waals surface area contributed by atoms with Crippen LogP contribution in [0.2, 0.25) is 0 Å². The minimum Gasteiger partial charge on any atom is -0.478 e. The Bertz CT molecular complexity index is 573. The van der Waals surface area contributed by atoms with E-state index in [1.54, 1.807) is 0 Å². The molecule has 0 N–H and O–H groups in total. The molecular weight excluding hydrogens is 312 g/mol. The number of esters is 1. The molecule has 3 heteroatoms. The van der Waals surface area contributed by atoms with Crippen LogP contribution < -0.4 is 4.74 Å². The summed E-state index contributed by atoms with van der Waals surface area (Å²) in [6.45, 7) is 17.5. The van der Waals surface area contributed by atoms with Gasteiger partial charge < -0.3 is 9.47 Å². The van der Waals surface area contributed by atoms with Gasteiger partial charge in [0.15, 0.2) is 6.10 Å². The van der Waals surface area contributed by atoms with Crippen molar-refractivity contribution in [3.05, 3.63) is 29.3 Å². The smallest absolute Gasteiger partial charge is 0.347 e. The predicted octanol–water partition coefficient (Wildman–Crippen LogP) is 5.78. The molecule has 1 rings (SSSR count). The molecule has 1 aromatic rings. The summed E-state index contributed by atoms with van der Waals surface area (Å²) in [7, 11) is 0. The van der Waals surface area contributed by atoms with Crippen molar-refractivity contribution >= 4 is 5.97 Å². The number of carbonyl (C=O) groups is 1. The number of benzene rings is 1. The molecule has 0 saturated heterocycles. The summed E-state index contributed by atoms with van der Waals surface area (Å²) in [6, 6.07) is 6.42. The molecule has 0 aliphatic rings. The molecule has 0 aromatic heterocycles. The highest BCUT2D eigenvalue weighted by atomic mass is 16.6. The molecule has 1 aromatic carbocycles. The van der Waals surface area contributed by atoms with E-state index < -0.39 is 6.10 Å². The van der Waals surface area contributed by atoms with Gasteiger partial charge in [-0.2, -0.15) is 0 Å². The molecular formula is C22H36O3. The van der Waals surface area contributed by atoms with Crippen molar-refractivity contribution in [3.63, 3.8) is 0 Å². The quantitative estimate of drug-likeness (QED) is 0.530. The molecule has 0 saturated carbocycles. The van der Waals surface area contributed by atoms with Crippen LogP contribution in [0.3, 0.4) is 0 Å². The third kappa shape index (κ3) is 5.23. The normalized spacial score (nSPS) is 13.4. The first-order valence-corrected chi connectivity index (χ1v) is 9.61. The van der Waals surface area contributed by atoms with Crippen LogP contribution in [0.4, 0.5) is 0 Å². The van der Waals surface area contributed by atoms with Crippen molar-refractivity contribution < 1.29 is 14.3 Å². The maximum atomic E-state index is 12.1. The van der Waals surface area contributed by atoms with Gasteiger partial charge in [0.1, 0.15) is 5.75 Å². The first kappa shape index (κ1) is 21.5. The molecule has 0 heterocycles. The van der Waals surface area contributed by atoms with Crippen molar-refractivity contribution in [1.82, 2.24) is 0 Å². The second-order valence-electron chi connectivity index (χ2n) is 7.95. The summed E-state index contributed by atoms with van der Waals surface area (Å²) in [5.74, 6) is 0.505. The summed E-state index contributed by atoms with van der Waals surface area (Å²) < 4.78 is 11.3. The van der Waals surface area contributed by atoms with E-state index in [9.17, 15) is 4.79 Å². The number of hydrogen-bond acceptors (Lipinski definition) is 3. The highest BCUT2D eigenvalue weighted by Gasteiger charge is 2.29. The molecule has 3 nitrogen and oxygen atoms in total. The van der Waals surface area contributed by atoms with Crippen molar-refractivity contribution in [2.24, 2.45) is 0 Å². The molecule has 1 unspecified atom stereocenters. The Hall–Kier alpha value is -1.51. The van der Waals surface area contributed by atoms with Crippen molar-refractivity contribution in [2.75, 3.05) is 6.61 Å². The number of rotatable bonds is 9. The van der Waals surface area contributed by atoms with Crippen molar-refractivity contribution in [2.45, 2.75) is 91.6 Å². The fourth-order valence-electron chi connectivity index (χ4n) is 2.66. The van der Waals surface area contributed by atoms with Gasteiger partial charge >= 0.3 is 5.97 Å². The average molecular weight is 349 g/mol. The molecule has 25 heavy (non-hydrogen) atoms. The Kier molecular flexibility index (Phi) is 7.52. The molecule has 142 valence electrons. The molecule has 0 radical (unpaired) electrons. The van der Waals surface area contributed by atoms with Crippen LogP contribution in [-0.4, -0.2) is 18.7 Å². The Morgan fingerprint density at radius 3 is 2.08 bits per heavy atom. The molecule has 1 atom stereocenters. The van der Waals surface area contributed by atoms with E-state index in [1.165, 1.54) is 5.56 Å². The maximum absolute atomic E-state index is 12.1. The molecule has 0 amide bonds. The average Bonchev–Trinajstić information content (AvgIpc) is 2.59. The fraction of sp³-hybridized carbons (Fsp3) is 0.682. The molecule has 0 spiro atoms. The lowest BCUT2D eigenvalue weighted by Crippen LogP contribution is -2.30. The van der Waals surface area contributed by atoms with Crippen LogP contribution in [-0.2, 0) is 20.4 Å². The lowest BCUT2D eigenvalue weighted by molar-refractivity contribution is -0.151. The van der Waals surface area contributed by atoms with Gasteiger partial charge in [0, 0.05) is 5.56 Å². The van der Waals surface area contributed by atoms with Crippen molar-refractivity contribution in [1.29, 1.82) is 0 Å². The van der Waals surface area contributed by atoms with Gasteiger partial charge in [0.05, 0.1) is 6.61 Å². The first-order valence-electron chi connectivity index (χ1n) is 9.61. The summed E-state index contributed by atoms with van der Waals surface area (Å²) in [5.41, 5.74) is 2.56. The van der Waals surface area contributed by atoms with Crippen LogP contribution in [0, 0.1) is 0 Å². The van der Waals surface area contributed by atoms with E-state index in [0.717, 1.165) is 24.2 Å². The van der Waals surface area contributed by atoms with Gasteiger partial charge in [0.2, 0.25) is 0 Å². The molecule has 0 aliphatic carbocycles. The Morgan fingerprint density at radius 2 is 1.60 bits per heavy atom. The lowest BCUT2D eigenvalue weighted by atomic mass is 9.76. The highest BCUT2D eigenvalue weighted by Crippen LogP contribution is 2.39. The standard InChI is InChI=1S/C22H36O3/c1-9-18(20(23)24-12-4)25-19-14-13-16(21(5,6)10-2)15-17(19)22(7,8)11-3/h13-15,18H,9-12H2,1-8H3. The summed E-state index contributed by atoms with van der Waals surface area (Å²) in [4.78, 5) is 12.1. The Morgan fingerprint density at radius 1 is 1.00 bits per heavy atom. The topological polar surface area (TPSA) is 35.5 Å². The van der Waals surface area contributed by atoms with Crippen molar-refractivity contribution in [3.8, 4) is 5.75 Å². The van der Waals surface area contributed by atoms with Gasteiger partial charge in [-0.3, -0.25) is 0 Å². The maximum Gasteiger partial charge on any atom is 0.347 e. The minimum absolute atomic E-state index is 0.0257. The molecule has 0 fully saturated rings. The zero-order valence-corrected chi connectivity index (χ0v) is 17.4. The van der Waals surface area contributed by atoms with E-state index in [2.05, 4.69) is 53.7 Å². The van der Waals surface area contributed by atoms with Gasteiger partial charge in [-0.25, -0.2) is 4.79 Å².